The van der Waals surface area contributed by atoms with Crippen LogP contribution in [0.25, 0.3) is 0 Å². The molecule has 2 aromatic rings. The molecule has 0 aliphatic rings. The average molecular weight is 274 g/mol. The van der Waals surface area contributed by atoms with Gasteiger partial charge in [-0.2, -0.15) is 8.42 Å². The zero-order valence-electron chi connectivity index (χ0n) is 10.4. The molecule has 0 bridgehead atoms. The van der Waals surface area contributed by atoms with Crippen LogP contribution in [0.4, 0.5) is 5.69 Å². The highest BCUT2D eigenvalue weighted by atomic mass is 32.2. The number of anilines is 1. The largest absolute Gasteiger partial charge is 0.346 e. The van der Waals surface area contributed by atoms with Crippen molar-refractivity contribution < 1.29 is 8.42 Å². The number of para-hydroxylation sites is 1. The number of sulfonamides is 1. The maximum Gasteiger partial charge on any atom is 0.283 e. The zero-order chi connectivity index (χ0) is 13.7. The molecular weight excluding hydrogens is 260 g/mol. The van der Waals surface area contributed by atoms with Crippen molar-refractivity contribution in [2.45, 2.75) is 11.8 Å². The summed E-state index contributed by atoms with van der Waals surface area (Å²) < 4.78 is 27.4. The highest BCUT2D eigenvalue weighted by Gasteiger charge is 2.10. The van der Waals surface area contributed by atoms with E-state index >= 15 is 0 Å². The first kappa shape index (κ1) is 13.3. The van der Waals surface area contributed by atoms with Crippen molar-refractivity contribution in [3.63, 3.8) is 0 Å². The van der Waals surface area contributed by atoms with Crippen LogP contribution in [0.5, 0.6) is 0 Å². The maximum atomic E-state index is 11.9. The van der Waals surface area contributed by atoms with E-state index in [-0.39, 0.29) is 4.90 Å². The van der Waals surface area contributed by atoms with E-state index in [4.69, 9.17) is 0 Å². The Morgan fingerprint density at radius 3 is 2.26 bits per heavy atom. The molecule has 4 nitrogen and oxygen atoms in total. The summed E-state index contributed by atoms with van der Waals surface area (Å²) in [6.45, 7) is 1.90. The fourth-order valence-corrected chi connectivity index (χ4v) is 2.27. The lowest BCUT2D eigenvalue weighted by atomic mass is 10.2. The van der Waals surface area contributed by atoms with Gasteiger partial charge in [-0.3, -0.25) is 0 Å². The van der Waals surface area contributed by atoms with Gasteiger partial charge in [-0.15, -0.1) is 4.40 Å². The predicted octanol–water partition coefficient (Wildman–Crippen LogP) is 2.82. The third-order valence-electron chi connectivity index (χ3n) is 2.52. The summed E-state index contributed by atoms with van der Waals surface area (Å²) in [5.41, 5.74) is 1.79. The fourth-order valence-electron chi connectivity index (χ4n) is 1.48. The first-order chi connectivity index (χ1) is 9.08. The molecule has 2 aromatic carbocycles. The Morgan fingerprint density at radius 1 is 1.00 bits per heavy atom. The molecule has 0 saturated heterocycles. The molecule has 0 radical (unpaired) electrons. The number of nitrogens with zero attached hydrogens (tertiary/aromatic N) is 1. The molecular formula is C14H14N2O2S. The highest BCUT2D eigenvalue weighted by molar-refractivity contribution is 7.90. The normalized spacial score (nSPS) is 11.6. The summed E-state index contributed by atoms with van der Waals surface area (Å²) in [5, 5.41) is 2.81. The van der Waals surface area contributed by atoms with Crippen LogP contribution in [0.1, 0.15) is 5.56 Å². The van der Waals surface area contributed by atoms with Gasteiger partial charge >= 0.3 is 0 Å². The summed E-state index contributed by atoms with van der Waals surface area (Å²) in [7, 11) is -3.64. The van der Waals surface area contributed by atoms with Gasteiger partial charge in [0.25, 0.3) is 10.0 Å². The van der Waals surface area contributed by atoms with Crippen LogP contribution in [-0.4, -0.2) is 14.8 Å². The second-order valence-electron chi connectivity index (χ2n) is 4.03. The summed E-state index contributed by atoms with van der Waals surface area (Å²) >= 11 is 0. The van der Waals surface area contributed by atoms with Crippen LogP contribution >= 0.6 is 0 Å². The van der Waals surface area contributed by atoms with Gasteiger partial charge in [-0.1, -0.05) is 35.9 Å². The summed E-state index contributed by atoms with van der Waals surface area (Å²) in [5.74, 6) is 0. The minimum Gasteiger partial charge on any atom is -0.346 e. The topological polar surface area (TPSA) is 58.5 Å². The summed E-state index contributed by atoms with van der Waals surface area (Å²) in [4.78, 5) is 0.184. The lowest BCUT2D eigenvalue weighted by Gasteiger charge is -2.00. The van der Waals surface area contributed by atoms with Gasteiger partial charge in [0.2, 0.25) is 0 Å². The van der Waals surface area contributed by atoms with Crippen molar-refractivity contribution in [3.8, 4) is 0 Å². The van der Waals surface area contributed by atoms with E-state index in [2.05, 4.69) is 9.71 Å². The Bertz CT molecular complexity index is 662. The highest BCUT2D eigenvalue weighted by Crippen LogP contribution is 2.12. The van der Waals surface area contributed by atoms with Crippen LogP contribution in [0.3, 0.4) is 0 Å². The maximum absolute atomic E-state index is 11.9. The molecule has 0 fully saturated rings. The van der Waals surface area contributed by atoms with Crippen molar-refractivity contribution in [3.05, 3.63) is 60.2 Å². The van der Waals surface area contributed by atoms with E-state index in [0.29, 0.717) is 0 Å². The fraction of sp³-hybridized carbons (Fsp3) is 0.0714. The van der Waals surface area contributed by atoms with Crippen LogP contribution in [0.15, 0.2) is 63.9 Å². The number of nitrogens with one attached hydrogen (secondary N) is 1. The second-order valence-corrected chi connectivity index (χ2v) is 5.67. The van der Waals surface area contributed by atoms with Gasteiger partial charge in [0.1, 0.15) is 6.34 Å². The van der Waals surface area contributed by atoms with Crippen molar-refractivity contribution in [2.75, 3.05) is 5.32 Å². The first-order valence-electron chi connectivity index (χ1n) is 5.75. The standard InChI is InChI=1S/C14H14N2O2S/c1-12-7-9-14(10-8-12)19(17,18)16-11-15-13-5-3-2-4-6-13/h2-11H,1H3,(H,15,16). The van der Waals surface area contributed by atoms with Crippen molar-refractivity contribution in [2.24, 2.45) is 4.40 Å². The number of rotatable bonds is 4. The van der Waals surface area contributed by atoms with E-state index in [1.54, 1.807) is 24.3 Å². The van der Waals surface area contributed by atoms with E-state index in [0.717, 1.165) is 11.3 Å². The van der Waals surface area contributed by atoms with Gasteiger partial charge in [0.15, 0.2) is 0 Å². The number of aryl methyl sites for hydroxylation is 1. The minimum atomic E-state index is -3.64. The molecule has 5 heteroatoms. The SMILES string of the molecule is Cc1ccc(S(=O)(=O)/N=C/Nc2ccccc2)cc1. The average Bonchev–Trinajstić information content (AvgIpc) is 2.40. The zero-order valence-corrected chi connectivity index (χ0v) is 11.3. The van der Waals surface area contributed by atoms with Gasteiger partial charge < -0.3 is 5.32 Å². The minimum absolute atomic E-state index is 0.184. The van der Waals surface area contributed by atoms with Crippen LogP contribution in [0.2, 0.25) is 0 Å². The number of hydrogen-bond donors (Lipinski definition) is 1. The first-order valence-corrected chi connectivity index (χ1v) is 7.19. The molecule has 1 N–H and O–H groups in total. The molecule has 0 heterocycles. The molecule has 0 amide bonds. The number of benzene rings is 2. The lowest BCUT2D eigenvalue weighted by Crippen LogP contribution is -2.01. The summed E-state index contributed by atoms with van der Waals surface area (Å²) in [6, 6.07) is 15.8. The lowest BCUT2D eigenvalue weighted by molar-refractivity contribution is 0.598. The van der Waals surface area contributed by atoms with Gasteiger partial charge in [-0.25, -0.2) is 0 Å². The third-order valence-corrected chi connectivity index (χ3v) is 3.77. The number of hydrogen-bond acceptors (Lipinski definition) is 2. The van der Waals surface area contributed by atoms with Gasteiger partial charge in [0, 0.05) is 5.69 Å². The monoisotopic (exact) mass is 274 g/mol. The third kappa shape index (κ3) is 3.66. The van der Waals surface area contributed by atoms with E-state index in [1.165, 1.54) is 6.34 Å². The molecule has 0 aliphatic carbocycles. The Kier molecular flexibility index (Phi) is 3.97. The van der Waals surface area contributed by atoms with E-state index in [9.17, 15) is 8.42 Å². The Labute approximate surface area is 112 Å². The molecule has 0 aromatic heterocycles. The van der Waals surface area contributed by atoms with Crippen molar-refractivity contribution in [1.82, 2.24) is 0 Å². The molecule has 0 unspecified atom stereocenters. The Hall–Kier alpha value is -2.14. The van der Waals surface area contributed by atoms with Crippen LogP contribution in [-0.2, 0) is 10.0 Å². The molecule has 0 saturated carbocycles. The summed E-state index contributed by atoms with van der Waals surface area (Å²) in [6.07, 6.45) is 1.19. The molecule has 19 heavy (non-hydrogen) atoms. The van der Waals surface area contributed by atoms with E-state index in [1.807, 2.05) is 37.3 Å². The van der Waals surface area contributed by atoms with Gasteiger partial charge in [-0.05, 0) is 31.2 Å². The Balaban J connectivity index is 2.11. The molecule has 98 valence electrons. The van der Waals surface area contributed by atoms with Crippen molar-refractivity contribution in [1.29, 1.82) is 0 Å². The van der Waals surface area contributed by atoms with Gasteiger partial charge in [0.05, 0.1) is 4.90 Å². The van der Waals surface area contributed by atoms with Crippen molar-refractivity contribution >= 4 is 22.0 Å². The molecule has 0 aliphatic heterocycles. The van der Waals surface area contributed by atoms with Crippen LogP contribution in [0, 0.1) is 6.92 Å². The van der Waals surface area contributed by atoms with Crippen LogP contribution < -0.4 is 5.32 Å². The quantitative estimate of drug-likeness (QED) is 0.689. The second kappa shape index (κ2) is 5.67. The molecule has 0 spiro atoms. The molecule has 0 atom stereocenters. The van der Waals surface area contributed by atoms with E-state index < -0.39 is 10.0 Å². The smallest absolute Gasteiger partial charge is 0.283 e. The molecule has 2 rings (SSSR count). The predicted molar refractivity (Wildman–Crippen MR) is 76.9 cm³/mol. The Morgan fingerprint density at radius 2 is 1.63 bits per heavy atom.